The third kappa shape index (κ3) is 4.08. The molecule has 146 valence electrons. The van der Waals surface area contributed by atoms with E-state index in [1.165, 1.54) is 19.2 Å². The van der Waals surface area contributed by atoms with E-state index in [0.29, 0.717) is 5.70 Å². The summed E-state index contributed by atoms with van der Waals surface area (Å²) in [6, 6.07) is 13.7. The molecular formula is C21H18F3NO3. The van der Waals surface area contributed by atoms with Crippen molar-refractivity contribution >= 4 is 17.3 Å². The lowest BCUT2D eigenvalue weighted by Gasteiger charge is -2.12. The monoisotopic (exact) mass is 389 g/mol. The van der Waals surface area contributed by atoms with Crippen molar-refractivity contribution in [3.8, 4) is 0 Å². The van der Waals surface area contributed by atoms with Gasteiger partial charge in [0.25, 0.3) is 0 Å². The van der Waals surface area contributed by atoms with Gasteiger partial charge >= 0.3 is 12.1 Å². The Balaban J connectivity index is 2.01. The van der Waals surface area contributed by atoms with Gasteiger partial charge in [0.15, 0.2) is 5.78 Å². The van der Waals surface area contributed by atoms with Crippen LogP contribution in [-0.2, 0) is 20.5 Å². The molecular weight excluding hydrogens is 371 g/mol. The van der Waals surface area contributed by atoms with E-state index in [-0.39, 0.29) is 29.9 Å². The van der Waals surface area contributed by atoms with Crippen LogP contribution in [0.15, 0.2) is 60.3 Å². The van der Waals surface area contributed by atoms with Crippen molar-refractivity contribution in [1.82, 2.24) is 5.32 Å². The zero-order valence-corrected chi connectivity index (χ0v) is 15.0. The SMILES string of the molecule is COC(=O)CNC1=C(c2cccc(C(F)(F)F)c2)C(=O)C(c2ccccc2)C1. The number of ether oxygens (including phenoxy) is 1. The average Bonchev–Trinajstić information content (AvgIpc) is 3.02. The van der Waals surface area contributed by atoms with Crippen LogP contribution in [0.5, 0.6) is 0 Å². The number of esters is 1. The molecule has 1 aliphatic carbocycles. The van der Waals surface area contributed by atoms with E-state index in [1.807, 2.05) is 6.07 Å². The van der Waals surface area contributed by atoms with Gasteiger partial charge in [-0.15, -0.1) is 0 Å². The smallest absolute Gasteiger partial charge is 0.416 e. The number of carbonyl (C=O) groups is 2. The van der Waals surface area contributed by atoms with Crippen LogP contribution in [0, 0.1) is 0 Å². The zero-order valence-electron chi connectivity index (χ0n) is 15.0. The van der Waals surface area contributed by atoms with E-state index >= 15 is 0 Å². The van der Waals surface area contributed by atoms with Gasteiger partial charge in [0.1, 0.15) is 6.54 Å². The number of Topliss-reactive ketones (excluding diaryl/α,β-unsaturated/α-hetero) is 1. The molecule has 0 heterocycles. The Morgan fingerprint density at radius 3 is 2.50 bits per heavy atom. The number of nitrogens with one attached hydrogen (secondary N) is 1. The second-order valence-corrected chi connectivity index (χ2v) is 6.39. The number of halogens is 3. The van der Waals surface area contributed by atoms with E-state index in [4.69, 9.17) is 0 Å². The van der Waals surface area contributed by atoms with E-state index in [9.17, 15) is 22.8 Å². The van der Waals surface area contributed by atoms with Gasteiger partial charge in [0, 0.05) is 17.7 Å². The molecule has 0 radical (unpaired) electrons. The largest absolute Gasteiger partial charge is 0.468 e. The molecule has 0 amide bonds. The second kappa shape index (κ2) is 7.88. The number of carbonyl (C=O) groups excluding carboxylic acids is 2. The van der Waals surface area contributed by atoms with Gasteiger partial charge in [0.2, 0.25) is 0 Å². The molecule has 1 unspecified atom stereocenters. The number of alkyl halides is 3. The summed E-state index contributed by atoms with van der Waals surface area (Å²) in [6.07, 6.45) is -4.25. The zero-order chi connectivity index (χ0) is 20.3. The molecule has 1 aliphatic rings. The highest BCUT2D eigenvalue weighted by molar-refractivity contribution is 6.26. The summed E-state index contributed by atoms with van der Waals surface area (Å²) in [5.41, 5.74) is 0.714. The summed E-state index contributed by atoms with van der Waals surface area (Å²) in [5.74, 6) is -1.34. The molecule has 0 spiro atoms. The molecule has 0 saturated heterocycles. The van der Waals surface area contributed by atoms with E-state index in [1.54, 1.807) is 24.3 Å². The summed E-state index contributed by atoms with van der Waals surface area (Å²) in [5, 5.41) is 2.87. The second-order valence-electron chi connectivity index (χ2n) is 6.39. The molecule has 4 nitrogen and oxygen atoms in total. The van der Waals surface area contributed by atoms with E-state index in [0.717, 1.165) is 17.7 Å². The van der Waals surface area contributed by atoms with Gasteiger partial charge in [-0.3, -0.25) is 9.59 Å². The first-order valence-electron chi connectivity index (χ1n) is 8.62. The van der Waals surface area contributed by atoms with Crippen LogP contribution in [0.25, 0.3) is 5.57 Å². The predicted octanol–water partition coefficient (Wildman–Crippen LogP) is 3.94. The lowest BCUT2D eigenvalue weighted by Crippen LogP contribution is -2.23. The van der Waals surface area contributed by atoms with Gasteiger partial charge in [-0.1, -0.05) is 42.5 Å². The van der Waals surface area contributed by atoms with Crippen LogP contribution in [0.2, 0.25) is 0 Å². The number of methoxy groups -OCH3 is 1. The van der Waals surface area contributed by atoms with Crippen molar-refractivity contribution in [3.63, 3.8) is 0 Å². The molecule has 0 bridgehead atoms. The lowest BCUT2D eigenvalue weighted by atomic mass is 9.92. The minimum absolute atomic E-state index is 0.170. The van der Waals surface area contributed by atoms with Crippen LogP contribution in [0.3, 0.4) is 0 Å². The first-order valence-corrected chi connectivity index (χ1v) is 8.62. The molecule has 1 N–H and O–H groups in total. The van der Waals surface area contributed by atoms with Crippen LogP contribution in [-0.4, -0.2) is 25.4 Å². The van der Waals surface area contributed by atoms with E-state index < -0.39 is 23.6 Å². The van der Waals surface area contributed by atoms with Gasteiger partial charge in [-0.25, -0.2) is 0 Å². The lowest BCUT2D eigenvalue weighted by molar-refractivity contribution is -0.139. The summed E-state index contributed by atoms with van der Waals surface area (Å²) in [7, 11) is 1.23. The Kier molecular flexibility index (Phi) is 5.53. The number of rotatable bonds is 5. The summed E-state index contributed by atoms with van der Waals surface area (Å²) >= 11 is 0. The van der Waals surface area contributed by atoms with Crippen molar-refractivity contribution in [2.75, 3.05) is 13.7 Å². The quantitative estimate of drug-likeness (QED) is 0.788. The third-order valence-electron chi connectivity index (χ3n) is 4.63. The normalized spacial score (nSPS) is 17.0. The fourth-order valence-corrected chi connectivity index (χ4v) is 3.26. The number of hydrogen-bond acceptors (Lipinski definition) is 4. The Bertz CT molecular complexity index is 920. The molecule has 0 saturated carbocycles. The molecule has 28 heavy (non-hydrogen) atoms. The molecule has 0 aliphatic heterocycles. The van der Waals surface area contributed by atoms with Crippen molar-refractivity contribution in [3.05, 3.63) is 77.0 Å². The van der Waals surface area contributed by atoms with Crippen LogP contribution >= 0.6 is 0 Å². The predicted molar refractivity (Wildman–Crippen MR) is 97.2 cm³/mol. The van der Waals surface area contributed by atoms with Gasteiger partial charge in [0.05, 0.1) is 18.6 Å². The molecule has 0 fully saturated rings. The van der Waals surface area contributed by atoms with Gasteiger partial charge in [-0.2, -0.15) is 13.2 Å². The minimum Gasteiger partial charge on any atom is -0.468 e. The third-order valence-corrected chi connectivity index (χ3v) is 4.63. The average molecular weight is 389 g/mol. The Labute approximate surface area is 160 Å². The highest BCUT2D eigenvalue weighted by atomic mass is 19.4. The summed E-state index contributed by atoms with van der Waals surface area (Å²) < 4.78 is 43.9. The van der Waals surface area contributed by atoms with Crippen LogP contribution in [0.4, 0.5) is 13.2 Å². The Morgan fingerprint density at radius 1 is 1.14 bits per heavy atom. The number of allylic oxidation sites excluding steroid dienone is 2. The summed E-state index contributed by atoms with van der Waals surface area (Å²) in [4.78, 5) is 24.6. The van der Waals surface area contributed by atoms with Gasteiger partial charge < -0.3 is 10.1 Å². The number of benzene rings is 2. The maximum Gasteiger partial charge on any atom is 0.416 e. The molecule has 0 aromatic heterocycles. The molecule has 2 aromatic carbocycles. The van der Waals surface area contributed by atoms with Crippen molar-refractivity contribution in [2.24, 2.45) is 0 Å². The maximum atomic E-state index is 13.1. The first kappa shape index (κ1) is 19.7. The van der Waals surface area contributed by atoms with Crippen LogP contribution < -0.4 is 5.32 Å². The number of ketones is 1. The Hall–Kier alpha value is -3.09. The Morgan fingerprint density at radius 2 is 1.86 bits per heavy atom. The van der Waals surface area contributed by atoms with E-state index in [2.05, 4.69) is 10.1 Å². The topological polar surface area (TPSA) is 55.4 Å². The summed E-state index contributed by atoms with van der Waals surface area (Å²) in [6.45, 7) is -0.177. The van der Waals surface area contributed by atoms with Crippen molar-refractivity contribution in [1.29, 1.82) is 0 Å². The maximum absolute atomic E-state index is 13.1. The standard InChI is InChI=1S/C21H18F3NO3/c1-28-18(26)12-25-17-11-16(13-6-3-2-4-7-13)20(27)19(17)14-8-5-9-15(10-14)21(22,23)24/h2-10,16,25H,11-12H2,1H3. The highest BCUT2D eigenvalue weighted by Crippen LogP contribution is 2.40. The highest BCUT2D eigenvalue weighted by Gasteiger charge is 2.36. The first-order chi connectivity index (χ1) is 13.3. The fraction of sp³-hybridized carbons (Fsp3) is 0.238. The molecule has 2 aromatic rings. The minimum atomic E-state index is -4.52. The van der Waals surface area contributed by atoms with Crippen molar-refractivity contribution in [2.45, 2.75) is 18.5 Å². The fourth-order valence-electron chi connectivity index (χ4n) is 3.26. The molecule has 1 atom stereocenters. The van der Waals surface area contributed by atoms with Crippen molar-refractivity contribution < 1.29 is 27.5 Å². The van der Waals surface area contributed by atoms with Gasteiger partial charge in [-0.05, 0) is 23.3 Å². The van der Waals surface area contributed by atoms with Crippen LogP contribution in [0.1, 0.15) is 29.0 Å². The molecule has 7 heteroatoms. The molecule has 3 rings (SSSR count). The number of hydrogen-bond donors (Lipinski definition) is 1.